The zero-order valence-corrected chi connectivity index (χ0v) is 18.6. The Kier molecular flexibility index (Phi) is 6.76. The second-order valence-corrected chi connectivity index (χ2v) is 8.22. The molecule has 1 aliphatic rings. The van der Waals surface area contributed by atoms with Gasteiger partial charge in [0.25, 0.3) is 0 Å². The van der Waals surface area contributed by atoms with Crippen LogP contribution < -0.4 is 5.32 Å². The first kappa shape index (κ1) is 23.2. The second kappa shape index (κ2) is 9.90. The number of hydrogen-bond donors (Lipinski definition) is 1. The number of aromatic nitrogens is 2. The summed E-state index contributed by atoms with van der Waals surface area (Å²) in [5.74, 6) is -2.00. The molecule has 1 N–H and O–H groups in total. The summed E-state index contributed by atoms with van der Waals surface area (Å²) in [4.78, 5) is 41.2. The molecule has 0 spiro atoms. The van der Waals surface area contributed by atoms with Crippen molar-refractivity contribution in [3.63, 3.8) is 0 Å². The van der Waals surface area contributed by atoms with Gasteiger partial charge in [0.1, 0.15) is 12.4 Å². The molecule has 4 rings (SSSR count). The first-order chi connectivity index (χ1) is 16.4. The number of hydrogen-bond acceptors (Lipinski definition) is 4. The zero-order valence-electron chi connectivity index (χ0n) is 17.8. The summed E-state index contributed by atoms with van der Waals surface area (Å²) in [5, 5.41) is 10.5. The summed E-state index contributed by atoms with van der Waals surface area (Å²) in [7, 11) is 0. The number of carbonyl (C=O) groups is 3. The molecular formula is C22H19ClFN7O3. The van der Waals surface area contributed by atoms with Gasteiger partial charge in [0, 0.05) is 34.0 Å². The molecule has 0 saturated heterocycles. The summed E-state index contributed by atoms with van der Waals surface area (Å²) in [5.41, 5.74) is 9.50. The summed E-state index contributed by atoms with van der Waals surface area (Å²) in [6, 6.07) is 9.15. The minimum Gasteiger partial charge on any atom is -0.350 e. The van der Waals surface area contributed by atoms with Gasteiger partial charge in [-0.1, -0.05) is 23.7 Å². The molecule has 0 bridgehead atoms. The van der Waals surface area contributed by atoms with E-state index in [2.05, 4.69) is 20.4 Å². The Labute approximate surface area is 197 Å². The maximum Gasteiger partial charge on any atom is 0.249 e. The van der Waals surface area contributed by atoms with Crippen LogP contribution in [0.5, 0.6) is 0 Å². The van der Waals surface area contributed by atoms with Crippen molar-refractivity contribution in [2.45, 2.75) is 32.0 Å². The van der Waals surface area contributed by atoms with Gasteiger partial charge < -0.3 is 10.2 Å². The number of amides is 3. The van der Waals surface area contributed by atoms with E-state index < -0.39 is 17.6 Å². The van der Waals surface area contributed by atoms with Gasteiger partial charge in [0.2, 0.25) is 17.7 Å². The lowest BCUT2D eigenvalue weighted by molar-refractivity contribution is -0.137. The Morgan fingerprint density at radius 3 is 2.82 bits per heavy atom. The van der Waals surface area contributed by atoms with Crippen LogP contribution >= 0.6 is 11.6 Å². The second-order valence-electron chi connectivity index (χ2n) is 7.81. The van der Waals surface area contributed by atoms with Gasteiger partial charge >= 0.3 is 0 Å². The van der Waals surface area contributed by atoms with E-state index >= 15 is 0 Å². The van der Waals surface area contributed by atoms with Crippen molar-refractivity contribution < 1.29 is 18.8 Å². The van der Waals surface area contributed by atoms with Crippen LogP contribution in [0.4, 0.5) is 4.39 Å². The average Bonchev–Trinajstić information content (AvgIpc) is 3.59. The molecule has 1 aromatic heterocycles. The van der Waals surface area contributed by atoms with E-state index in [9.17, 15) is 18.8 Å². The molecule has 1 fully saturated rings. The van der Waals surface area contributed by atoms with Gasteiger partial charge in [-0.05, 0) is 47.8 Å². The molecule has 1 aliphatic carbocycles. The lowest BCUT2D eigenvalue weighted by Crippen LogP contribution is -2.43. The first-order valence-electron chi connectivity index (χ1n) is 10.4. The third kappa shape index (κ3) is 5.16. The van der Waals surface area contributed by atoms with Crippen molar-refractivity contribution in [1.29, 1.82) is 0 Å². The van der Waals surface area contributed by atoms with Crippen LogP contribution in [0.25, 0.3) is 21.3 Å². The van der Waals surface area contributed by atoms with E-state index in [1.165, 1.54) is 40.0 Å². The molecule has 0 atom stereocenters. The van der Waals surface area contributed by atoms with Gasteiger partial charge in [-0.25, -0.2) is 4.39 Å². The average molecular weight is 484 g/mol. The van der Waals surface area contributed by atoms with Crippen LogP contribution in [-0.4, -0.2) is 45.0 Å². The molecule has 0 radical (unpaired) electrons. The van der Waals surface area contributed by atoms with Crippen molar-refractivity contribution in [2.24, 2.45) is 5.11 Å². The number of rotatable bonds is 8. The van der Waals surface area contributed by atoms with E-state index in [0.717, 1.165) is 12.8 Å². The number of carbonyl (C=O) groups excluding carboxylic acids is 3. The number of halogens is 2. The molecule has 0 aliphatic heterocycles. The maximum absolute atomic E-state index is 14.0. The molecule has 2 aromatic carbocycles. The third-order valence-electron chi connectivity index (χ3n) is 5.44. The van der Waals surface area contributed by atoms with Gasteiger partial charge in [0.05, 0.1) is 23.3 Å². The van der Waals surface area contributed by atoms with Crippen molar-refractivity contribution in [3.8, 4) is 0 Å². The maximum atomic E-state index is 14.0. The van der Waals surface area contributed by atoms with Gasteiger partial charge in [-0.3, -0.25) is 19.1 Å². The predicted molar refractivity (Wildman–Crippen MR) is 121 cm³/mol. The van der Waals surface area contributed by atoms with E-state index in [4.69, 9.17) is 17.1 Å². The quantitative estimate of drug-likeness (QED) is 0.297. The number of azide groups is 1. The Bertz CT molecular complexity index is 1330. The van der Waals surface area contributed by atoms with Gasteiger partial charge in [0.15, 0.2) is 0 Å². The number of benzene rings is 2. The van der Waals surface area contributed by atoms with Crippen LogP contribution in [0.1, 0.15) is 28.8 Å². The highest BCUT2D eigenvalue weighted by molar-refractivity contribution is 6.30. The summed E-state index contributed by atoms with van der Waals surface area (Å²) in [6.07, 6.45) is 3.10. The van der Waals surface area contributed by atoms with Crippen LogP contribution in [0.3, 0.4) is 0 Å². The molecule has 3 aromatic rings. The Morgan fingerprint density at radius 2 is 2.09 bits per heavy atom. The lowest BCUT2D eigenvalue weighted by atomic mass is 10.1. The first-order valence-corrected chi connectivity index (χ1v) is 10.8. The topological polar surface area (TPSA) is 133 Å². The predicted octanol–water partition coefficient (Wildman–Crippen LogP) is 3.59. The van der Waals surface area contributed by atoms with Gasteiger partial charge in [-0.2, -0.15) is 5.10 Å². The minimum atomic E-state index is -0.711. The minimum absolute atomic E-state index is 0.0257. The number of nitrogens with zero attached hydrogens (tertiary/aromatic N) is 6. The fourth-order valence-electron chi connectivity index (χ4n) is 3.56. The van der Waals surface area contributed by atoms with Crippen LogP contribution in [0.2, 0.25) is 5.02 Å². The molecule has 174 valence electrons. The van der Waals surface area contributed by atoms with Crippen LogP contribution in [0, 0.1) is 5.82 Å². The summed E-state index contributed by atoms with van der Waals surface area (Å²) in [6.45, 7) is -0.297. The highest BCUT2D eigenvalue weighted by Gasteiger charge is 2.34. The van der Waals surface area contributed by atoms with Crippen LogP contribution in [0.15, 0.2) is 47.7 Å². The van der Waals surface area contributed by atoms with Crippen LogP contribution in [-0.2, 0) is 22.7 Å². The Balaban J connectivity index is 1.42. The molecule has 1 heterocycles. The highest BCUT2D eigenvalue weighted by atomic mass is 35.5. The van der Waals surface area contributed by atoms with E-state index in [-0.39, 0.29) is 47.7 Å². The largest absolute Gasteiger partial charge is 0.350 e. The fraction of sp³-hybridized carbons (Fsp3) is 0.273. The monoisotopic (exact) mass is 483 g/mol. The van der Waals surface area contributed by atoms with Crippen molar-refractivity contribution >= 4 is 40.2 Å². The molecule has 10 nitrogen and oxygen atoms in total. The standard InChI is InChI=1S/C22H19ClFN7O3/c23-17-3-1-2-14(21(17)24)9-26-19(32)11-30(16-5-6-16)20(33)12-31-18-7-4-13(22(34)28-29-25)8-15(18)10-27-31/h1-4,7-8,10,16H,5-6,9,11-12H2,(H,26,32). The smallest absolute Gasteiger partial charge is 0.249 e. The zero-order chi connectivity index (χ0) is 24.2. The van der Waals surface area contributed by atoms with E-state index in [0.29, 0.717) is 10.9 Å². The SMILES string of the molecule is [N-]=[N+]=NC(=O)c1ccc2c(cnn2CC(=O)N(CC(=O)NCc2cccc(Cl)c2F)C2CC2)c1. The highest BCUT2D eigenvalue weighted by Crippen LogP contribution is 2.27. The molecule has 1 saturated carbocycles. The Hall–Kier alpha value is -3.95. The molecule has 34 heavy (non-hydrogen) atoms. The molecular weight excluding hydrogens is 465 g/mol. The van der Waals surface area contributed by atoms with Crippen molar-refractivity contribution in [2.75, 3.05) is 6.54 Å². The van der Waals surface area contributed by atoms with Gasteiger partial charge in [-0.15, -0.1) is 0 Å². The number of fused-ring (bicyclic) bond motifs is 1. The third-order valence-corrected chi connectivity index (χ3v) is 5.73. The molecule has 3 amide bonds. The lowest BCUT2D eigenvalue weighted by Gasteiger charge is -2.22. The van der Waals surface area contributed by atoms with Crippen molar-refractivity contribution in [1.82, 2.24) is 20.0 Å². The number of nitrogens with one attached hydrogen (secondary N) is 1. The molecule has 0 unspecified atom stereocenters. The van der Waals surface area contributed by atoms with E-state index in [1.54, 1.807) is 12.1 Å². The Morgan fingerprint density at radius 1 is 1.29 bits per heavy atom. The fourth-order valence-corrected chi connectivity index (χ4v) is 3.75. The normalized spacial score (nSPS) is 12.8. The van der Waals surface area contributed by atoms with Crippen molar-refractivity contribution in [3.05, 3.63) is 75.0 Å². The van der Waals surface area contributed by atoms with E-state index in [1.807, 2.05) is 0 Å². The summed E-state index contributed by atoms with van der Waals surface area (Å²) < 4.78 is 15.5. The molecule has 12 heteroatoms. The summed E-state index contributed by atoms with van der Waals surface area (Å²) >= 11 is 5.77.